The first-order valence-corrected chi connectivity index (χ1v) is 6.73. The van der Waals surface area contributed by atoms with Crippen LogP contribution in [-0.4, -0.2) is 20.0 Å². The molecule has 2 aromatic carbocycles. The highest BCUT2D eigenvalue weighted by molar-refractivity contribution is 6.00. The third-order valence-electron chi connectivity index (χ3n) is 3.60. The van der Waals surface area contributed by atoms with Crippen molar-refractivity contribution >= 4 is 5.78 Å². The molecule has 1 aliphatic rings. The van der Waals surface area contributed by atoms with Crippen molar-refractivity contribution in [3.05, 3.63) is 53.6 Å². The van der Waals surface area contributed by atoms with E-state index in [1.54, 1.807) is 26.4 Å². The number of Topliss-reactive ketones (excluding diaryl/α,β-unsaturated/α-hetero) is 1. The number of carbonyl (C=O) groups excluding carboxylic acids is 1. The van der Waals surface area contributed by atoms with Gasteiger partial charge in [-0.25, -0.2) is 0 Å². The van der Waals surface area contributed by atoms with Gasteiger partial charge in [-0.15, -0.1) is 0 Å². The lowest BCUT2D eigenvalue weighted by atomic mass is 9.96. The average Bonchev–Trinajstić information content (AvgIpc) is 2.54. The summed E-state index contributed by atoms with van der Waals surface area (Å²) in [5.74, 6) is 1.67. The van der Waals surface area contributed by atoms with Gasteiger partial charge in [0.1, 0.15) is 11.9 Å². The second kappa shape index (κ2) is 5.48. The van der Waals surface area contributed by atoms with E-state index < -0.39 is 0 Å². The van der Waals surface area contributed by atoms with Crippen LogP contribution in [0, 0.1) is 0 Å². The number of methoxy groups -OCH3 is 2. The zero-order chi connectivity index (χ0) is 14.8. The maximum absolute atomic E-state index is 12.4. The van der Waals surface area contributed by atoms with Gasteiger partial charge in [0.2, 0.25) is 0 Å². The van der Waals surface area contributed by atoms with E-state index in [4.69, 9.17) is 14.2 Å². The molecule has 0 amide bonds. The molecule has 0 fully saturated rings. The van der Waals surface area contributed by atoms with Gasteiger partial charge in [0.05, 0.1) is 26.2 Å². The lowest BCUT2D eigenvalue weighted by molar-refractivity contribution is 0.0848. The van der Waals surface area contributed by atoms with Crippen LogP contribution in [0.3, 0.4) is 0 Å². The zero-order valence-electron chi connectivity index (χ0n) is 12.0. The lowest BCUT2D eigenvalue weighted by Gasteiger charge is -2.26. The number of hydrogen-bond acceptors (Lipinski definition) is 4. The fraction of sp³-hybridized carbons (Fsp3) is 0.235. The van der Waals surface area contributed by atoms with Crippen LogP contribution in [0.4, 0.5) is 0 Å². The monoisotopic (exact) mass is 284 g/mol. The van der Waals surface area contributed by atoms with Crippen LogP contribution < -0.4 is 14.2 Å². The molecule has 0 saturated carbocycles. The Morgan fingerprint density at radius 3 is 2.38 bits per heavy atom. The van der Waals surface area contributed by atoms with Crippen LogP contribution >= 0.6 is 0 Å². The highest BCUT2D eigenvalue weighted by Gasteiger charge is 2.29. The number of ketones is 1. The molecular formula is C17H16O4. The van der Waals surface area contributed by atoms with E-state index in [-0.39, 0.29) is 11.9 Å². The number of benzene rings is 2. The van der Waals surface area contributed by atoms with Crippen molar-refractivity contribution in [1.82, 2.24) is 0 Å². The topological polar surface area (TPSA) is 44.8 Å². The van der Waals surface area contributed by atoms with E-state index in [1.165, 1.54) is 0 Å². The van der Waals surface area contributed by atoms with Crippen molar-refractivity contribution in [1.29, 1.82) is 0 Å². The van der Waals surface area contributed by atoms with Crippen LogP contribution in [0.5, 0.6) is 17.2 Å². The van der Waals surface area contributed by atoms with E-state index >= 15 is 0 Å². The predicted molar refractivity (Wildman–Crippen MR) is 78.3 cm³/mol. The normalized spacial score (nSPS) is 16.9. The molecular weight excluding hydrogens is 268 g/mol. The zero-order valence-corrected chi connectivity index (χ0v) is 12.0. The van der Waals surface area contributed by atoms with Crippen molar-refractivity contribution in [3.8, 4) is 17.2 Å². The van der Waals surface area contributed by atoms with Crippen molar-refractivity contribution in [3.63, 3.8) is 0 Å². The summed E-state index contributed by atoms with van der Waals surface area (Å²) in [5.41, 5.74) is 1.53. The molecule has 0 radical (unpaired) electrons. The summed E-state index contributed by atoms with van der Waals surface area (Å²) in [7, 11) is 3.11. The van der Waals surface area contributed by atoms with E-state index in [0.717, 1.165) is 5.56 Å². The highest BCUT2D eigenvalue weighted by atomic mass is 16.5. The second-order valence-corrected chi connectivity index (χ2v) is 4.85. The van der Waals surface area contributed by atoms with Crippen LogP contribution in [0.25, 0.3) is 0 Å². The summed E-state index contributed by atoms with van der Waals surface area (Å²) in [6.07, 6.45) is 0.0660. The Morgan fingerprint density at radius 2 is 1.71 bits per heavy atom. The second-order valence-electron chi connectivity index (χ2n) is 4.85. The smallest absolute Gasteiger partial charge is 0.170 e. The molecule has 0 N–H and O–H groups in total. The number of rotatable bonds is 3. The molecule has 3 rings (SSSR count). The van der Waals surface area contributed by atoms with Gasteiger partial charge >= 0.3 is 0 Å². The Bertz CT molecular complexity index is 664. The van der Waals surface area contributed by atoms with Gasteiger partial charge in [0.15, 0.2) is 17.3 Å². The van der Waals surface area contributed by atoms with E-state index in [9.17, 15) is 4.79 Å². The minimum atomic E-state index is -0.260. The molecule has 4 nitrogen and oxygen atoms in total. The minimum absolute atomic E-state index is 0.0473. The Hall–Kier alpha value is -2.49. The maximum atomic E-state index is 12.4. The van der Waals surface area contributed by atoms with Gasteiger partial charge < -0.3 is 14.2 Å². The standard InChI is InChI=1S/C17H16O4/c1-19-16-8-12-13(18)9-14(11-6-4-3-5-7-11)21-15(12)10-17(16)20-2/h3-8,10,14H,9H2,1-2H3. The number of fused-ring (bicyclic) bond motifs is 1. The SMILES string of the molecule is COc1cc2c(cc1OC)C(=O)CC(c1ccccc1)O2. The molecule has 0 saturated heterocycles. The fourth-order valence-electron chi connectivity index (χ4n) is 2.50. The van der Waals surface area contributed by atoms with E-state index in [1.807, 2.05) is 30.3 Å². The lowest BCUT2D eigenvalue weighted by Crippen LogP contribution is -2.20. The number of ether oxygens (including phenoxy) is 3. The van der Waals surface area contributed by atoms with Crippen LogP contribution in [0.2, 0.25) is 0 Å². The molecule has 1 atom stereocenters. The van der Waals surface area contributed by atoms with Crippen molar-refractivity contribution in [2.45, 2.75) is 12.5 Å². The maximum Gasteiger partial charge on any atom is 0.170 e. The Balaban J connectivity index is 2.00. The summed E-state index contributed by atoms with van der Waals surface area (Å²) >= 11 is 0. The van der Waals surface area contributed by atoms with Gasteiger partial charge in [-0.2, -0.15) is 0 Å². The van der Waals surface area contributed by atoms with Crippen LogP contribution in [0.15, 0.2) is 42.5 Å². The molecule has 4 heteroatoms. The van der Waals surface area contributed by atoms with Gasteiger partial charge in [-0.1, -0.05) is 30.3 Å². The molecule has 108 valence electrons. The summed E-state index contributed by atoms with van der Waals surface area (Å²) in [6.45, 7) is 0. The highest BCUT2D eigenvalue weighted by Crippen LogP contribution is 2.41. The molecule has 1 unspecified atom stereocenters. The van der Waals surface area contributed by atoms with E-state index in [0.29, 0.717) is 29.2 Å². The van der Waals surface area contributed by atoms with Gasteiger partial charge in [0.25, 0.3) is 0 Å². The summed E-state index contributed by atoms with van der Waals surface area (Å²) in [4.78, 5) is 12.4. The largest absolute Gasteiger partial charge is 0.493 e. The molecule has 2 aromatic rings. The molecule has 0 bridgehead atoms. The first kappa shape index (κ1) is 13.5. The molecule has 1 aliphatic heterocycles. The van der Waals surface area contributed by atoms with Gasteiger partial charge in [0, 0.05) is 6.07 Å². The molecule has 1 heterocycles. The first-order valence-electron chi connectivity index (χ1n) is 6.73. The third kappa shape index (κ3) is 2.44. The third-order valence-corrected chi connectivity index (χ3v) is 3.60. The van der Waals surface area contributed by atoms with Gasteiger partial charge in [-0.05, 0) is 11.6 Å². The van der Waals surface area contributed by atoms with Crippen molar-refractivity contribution in [2.75, 3.05) is 14.2 Å². The Kier molecular flexibility index (Phi) is 3.52. The Labute approximate surface area is 123 Å². The number of carbonyl (C=O) groups is 1. The quantitative estimate of drug-likeness (QED) is 0.866. The number of hydrogen-bond donors (Lipinski definition) is 0. The van der Waals surface area contributed by atoms with Gasteiger partial charge in [-0.3, -0.25) is 4.79 Å². The Morgan fingerprint density at radius 1 is 1.05 bits per heavy atom. The van der Waals surface area contributed by atoms with Crippen molar-refractivity contribution in [2.24, 2.45) is 0 Å². The van der Waals surface area contributed by atoms with Crippen LogP contribution in [-0.2, 0) is 0 Å². The fourth-order valence-corrected chi connectivity index (χ4v) is 2.50. The molecule has 0 aromatic heterocycles. The summed E-state index contributed by atoms with van der Waals surface area (Å²) in [6, 6.07) is 13.1. The predicted octanol–water partition coefficient (Wildman–Crippen LogP) is 3.41. The first-order chi connectivity index (χ1) is 10.2. The summed E-state index contributed by atoms with van der Waals surface area (Å²) in [5, 5.41) is 0. The molecule has 0 spiro atoms. The summed E-state index contributed by atoms with van der Waals surface area (Å²) < 4.78 is 16.5. The average molecular weight is 284 g/mol. The van der Waals surface area contributed by atoms with Crippen molar-refractivity contribution < 1.29 is 19.0 Å². The minimum Gasteiger partial charge on any atom is -0.493 e. The molecule has 0 aliphatic carbocycles. The van der Waals surface area contributed by atoms with E-state index in [2.05, 4.69) is 0 Å². The molecule has 21 heavy (non-hydrogen) atoms. The van der Waals surface area contributed by atoms with Crippen LogP contribution in [0.1, 0.15) is 28.4 Å².